The smallest absolute Gasteiger partial charge is 0.162 e. The molecule has 0 amide bonds. The van der Waals surface area contributed by atoms with Gasteiger partial charge in [-0.3, -0.25) is 0 Å². The molecule has 1 aliphatic rings. The van der Waals surface area contributed by atoms with Gasteiger partial charge in [0.15, 0.2) is 11.7 Å². The van der Waals surface area contributed by atoms with E-state index in [0.717, 1.165) is 27.6 Å². The molecule has 1 aromatic heterocycles. The van der Waals surface area contributed by atoms with Crippen molar-refractivity contribution in [1.29, 1.82) is 0 Å². The summed E-state index contributed by atoms with van der Waals surface area (Å²) in [6, 6.07) is 11.8. The SMILES string of the molecule is [2H]C([2H])([2H])[N+]1(C)C(C)N(c2c(C)ccc3c2oc2ccccc23)C(C)(C)C1([2H])[2H]. The standard InChI is InChI=1S/C21H27N2O/c1-14-11-12-17-16-9-7-8-10-18(16)24-20(17)19(14)22-15(2)23(5,6)13-21(22,3)4/h7-12,15H,13H2,1-6H3/q+1/i5D3,13D2. The molecule has 4 rings (SSSR count). The third-order valence-electron chi connectivity index (χ3n) is 5.19. The molecule has 24 heavy (non-hydrogen) atoms. The van der Waals surface area contributed by atoms with Crippen molar-refractivity contribution in [2.45, 2.75) is 39.4 Å². The summed E-state index contributed by atoms with van der Waals surface area (Å²) in [5.74, 6) is 0. The molecule has 2 aromatic carbocycles. The molecule has 126 valence electrons. The molecule has 0 bridgehead atoms. The molecule has 0 saturated carbocycles. The maximum Gasteiger partial charge on any atom is 0.162 e. The van der Waals surface area contributed by atoms with Crippen LogP contribution in [0.4, 0.5) is 5.69 Å². The fraction of sp³-hybridized carbons (Fsp3) is 0.429. The fourth-order valence-corrected chi connectivity index (χ4v) is 4.05. The van der Waals surface area contributed by atoms with Crippen molar-refractivity contribution in [3.05, 3.63) is 42.0 Å². The number of furan rings is 1. The number of quaternary nitrogens is 1. The lowest BCUT2D eigenvalue weighted by Gasteiger charge is -2.35. The van der Waals surface area contributed by atoms with Gasteiger partial charge in [-0.05, 0) is 32.4 Å². The summed E-state index contributed by atoms with van der Waals surface area (Å²) in [4.78, 5) is 1.92. The van der Waals surface area contributed by atoms with Crippen molar-refractivity contribution >= 4 is 27.6 Å². The average Bonchev–Trinajstić information content (AvgIpc) is 3.04. The predicted octanol–water partition coefficient (Wildman–Crippen LogP) is 4.92. The molecular formula is C21H27N2O+. The van der Waals surface area contributed by atoms with Crippen LogP contribution in [0.3, 0.4) is 0 Å². The Morgan fingerprint density at radius 3 is 2.71 bits per heavy atom. The van der Waals surface area contributed by atoms with Crippen LogP contribution in [0.25, 0.3) is 21.9 Å². The Labute approximate surface area is 151 Å². The van der Waals surface area contributed by atoms with Crippen molar-refractivity contribution in [3.8, 4) is 0 Å². The topological polar surface area (TPSA) is 16.4 Å². The molecule has 3 aromatic rings. The molecule has 3 heteroatoms. The zero-order chi connectivity index (χ0) is 21.6. The van der Waals surface area contributed by atoms with Crippen molar-refractivity contribution < 1.29 is 15.8 Å². The van der Waals surface area contributed by atoms with Gasteiger partial charge in [0.25, 0.3) is 0 Å². The van der Waals surface area contributed by atoms with E-state index in [9.17, 15) is 0 Å². The number of aryl methyl sites for hydroxylation is 1. The molecule has 0 radical (unpaired) electrons. The van der Waals surface area contributed by atoms with Crippen LogP contribution in [-0.2, 0) is 0 Å². The van der Waals surface area contributed by atoms with Gasteiger partial charge in [-0.1, -0.05) is 30.3 Å². The third kappa shape index (κ3) is 2.01. The number of anilines is 1. The zero-order valence-electron chi connectivity index (χ0n) is 19.8. The predicted molar refractivity (Wildman–Crippen MR) is 101 cm³/mol. The lowest BCUT2D eigenvalue weighted by atomic mass is 10.0. The fourth-order valence-electron chi connectivity index (χ4n) is 4.05. The minimum Gasteiger partial charge on any atom is -0.454 e. The first-order chi connectivity index (χ1) is 13.3. The van der Waals surface area contributed by atoms with E-state index in [0.29, 0.717) is 5.58 Å². The molecule has 1 saturated heterocycles. The Morgan fingerprint density at radius 1 is 1.25 bits per heavy atom. The van der Waals surface area contributed by atoms with Crippen LogP contribution in [0.5, 0.6) is 0 Å². The second-order valence-electron chi connectivity index (χ2n) is 7.45. The maximum absolute atomic E-state index is 8.90. The molecule has 0 N–H and O–H groups in total. The lowest BCUT2D eigenvalue weighted by molar-refractivity contribution is -0.900. The monoisotopic (exact) mass is 328 g/mol. The van der Waals surface area contributed by atoms with Gasteiger partial charge in [0.05, 0.1) is 32.1 Å². The number of para-hydroxylation sites is 1. The van der Waals surface area contributed by atoms with E-state index in [1.54, 1.807) is 20.8 Å². The van der Waals surface area contributed by atoms with Crippen LogP contribution >= 0.6 is 0 Å². The van der Waals surface area contributed by atoms with Gasteiger partial charge >= 0.3 is 0 Å². The zero-order valence-corrected chi connectivity index (χ0v) is 14.8. The first-order valence-corrected chi connectivity index (χ1v) is 8.33. The van der Waals surface area contributed by atoms with E-state index in [2.05, 4.69) is 0 Å². The summed E-state index contributed by atoms with van der Waals surface area (Å²) < 4.78 is 47.8. The maximum atomic E-state index is 8.90. The summed E-state index contributed by atoms with van der Waals surface area (Å²) in [5.41, 5.74) is 2.02. The molecule has 0 aliphatic carbocycles. The van der Waals surface area contributed by atoms with Gasteiger partial charge in [0.1, 0.15) is 12.1 Å². The van der Waals surface area contributed by atoms with Crippen LogP contribution in [0.15, 0.2) is 40.8 Å². The van der Waals surface area contributed by atoms with E-state index < -0.39 is 29.7 Å². The van der Waals surface area contributed by atoms with Crippen molar-refractivity contribution in [3.63, 3.8) is 0 Å². The minimum absolute atomic E-state index is 0.634. The van der Waals surface area contributed by atoms with Gasteiger partial charge < -0.3 is 13.8 Å². The minimum atomic E-state index is -2.52. The first-order valence-electron chi connectivity index (χ1n) is 10.8. The third-order valence-corrected chi connectivity index (χ3v) is 5.19. The normalized spacial score (nSPS) is 32.3. The summed E-state index contributed by atoms with van der Waals surface area (Å²) >= 11 is 0. The number of nitrogens with zero attached hydrogens (tertiary/aromatic N) is 2. The Bertz CT molecular complexity index is 1120. The number of rotatable bonds is 1. The Kier molecular flexibility index (Phi) is 2.14. The van der Waals surface area contributed by atoms with Crippen LogP contribution in [0, 0.1) is 6.92 Å². The number of fused-ring (bicyclic) bond motifs is 3. The lowest BCUT2D eigenvalue weighted by Crippen LogP contribution is -2.48. The molecule has 1 aliphatic heterocycles. The largest absolute Gasteiger partial charge is 0.454 e. The second-order valence-corrected chi connectivity index (χ2v) is 7.45. The number of benzene rings is 2. The molecule has 0 spiro atoms. The van der Waals surface area contributed by atoms with Gasteiger partial charge in [-0.25, -0.2) is 0 Å². The van der Waals surface area contributed by atoms with Gasteiger partial charge in [-0.2, -0.15) is 0 Å². The van der Waals surface area contributed by atoms with Crippen molar-refractivity contribution in [2.75, 3.05) is 25.4 Å². The summed E-state index contributed by atoms with van der Waals surface area (Å²) in [7, 11) is 1.49. The average molecular weight is 328 g/mol. The van der Waals surface area contributed by atoms with Crippen molar-refractivity contribution in [2.24, 2.45) is 0 Å². The molecular weight excluding hydrogens is 296 g/mol. The highest BCUT2D eigenvalue weighted by Crippen LogP contribution is 2.44. The molecule has 2 atom stereocenters. The second kappa shape index (κ2) is 4.76. The van der Waals surface area contributed by atoms with E-state index in [1.807, 2.05) is 48.2 Å². The van der Waals surface area contributed by atoms with E-state index in [-0.39, 0.29) is 0 Å². The van der Waals surface area contributed by atoms with Gasteiger partial charge in [0.2, 0.25) is 0 Å². The van der Waals surface area contributed by atoms with Crippen LogP contribution in [-0.4, -0.2) is 36.7 Å². The van der Waals surface area contributed by atoms with Gasteiger partial charge in [0, 0.05) is 17.7 Å². The number of likely N-dealkylation sites (N-methyl/N-ethyl adjacent to an activating group) is 1. The number of hydrogen-bond donors (Lipinski definition) is 0. The van der Waals surface area contributed by atoms with Crippen LogP contribution in [0.1, 0.15) is 33.2 Å². The Morgan fingerprint density at radius 2 is 2.00 bits per heavy atom. The summed E-state index contributed by atoms with van der Waals surface area (Å²) in [5, 5.41) is 1.93. The van der Waals surface area contributed by atoms with E-state index in [4.69, 9.17) is 11.3 Å². The first kappa shape index (κ1) is 10.8. The highest BCUT2D eigenvalue weighted by Gasteiger charge is 2.51. The van der Waals surface area contributed by atoms with Crippen LogP contribution < -0.4 is 4.90 Å². The van der Waals surface area contributed by atoms with Crippen LogP contribution in [0.2, 0.25) is 0 Å². The van der Waals surface area contributed by atoms with E-state index >= 15 is 0 Å². The highest BCUT2D eigenvalue weighted by atomic mass is 16.3. The highest BCUT2D eigenvalue weighted by molar-refractivity contribution is 6.09. The Balaban J connectivity index is 2.07. The van der Waals surface area contributed by atoms with Gasteiger partial charge in [-0.15, -0.1) is 0 Å². The van der Waals surface area contributed by atoms with Crippen molar-refractivity contribution in [1.82, 2.24) is 0 Å². The molecule has 2 heterocycles. The molecule has 2 unspecified atom stereocenters. The number of hydrogen-bond acceptors (Lipinski definition) is 2. The van der Waals surface area contributed by atoms with E-state index in [1.165, 1.54) is 7.05 Å². The Hall–Kier alpha value is -2.00. The molecule has 3 nitrogen and oxygen atoms in total. The summed E-state index contributed by atoms with van der Waals surface area (Å²) in [6.07, 6.45) is -0.634. The quantitative estimate of drug-likeness (QED) is 0.590. The molecule has 1 fully saturated rings. The summed E-state index contributed by atoms with van der Waals surface area (Å²) in [6.45, 7) is 2.75.